The molecule has 0 saturated heterocycles. The van der Waals surface area contributed by atoms with Crippen LogP contribution in [-0.4, -0.2) is 0 Å². The average Bonchev–Trinajstić information content (AvgIpc) is 2.33. The van der Waals surface area contributed by atoms with Crippen LogP contribution in [0.1, 0.15) is 29.2 Å². The number of hydrogen-bond acceptors (Lipinski definition) is 0. The van der Waals surface area contributed by atoms with Crippen molar-refractivity contribution in [1.29, 1.82) is 0 Å². The van der Waals surface area contributed by atoms with Crippen LogP contribution in [0.15, 0.2) is 29.8 Å². The van der Waals surface area contributed by atoms with E-state index >= 15 is 0 Å². The molecule has 3 heteroatoms. The standard InChI is InChI=1S/C11H11.2ClH.Ti/c1-8-7-10-5-3-4-6-11(10)9(8)2;;;/h3-7H,1-2H3;2*1H;/q;;;+2/p-2. The van der Waals surface area contributed by atoms with E-state index in [9.17, 15) is 0 Å². The van der Waals surface area contributed by atoms with Crippen LogP contribution >= 0.6 is 0 Å². The Morgan fingerprint density at radius 2 is 1.64 bits per heavy atom. The molecule has 0 fully saturated rings. The molecule has 0 nitrogen and oxygen atoms in total. The van der Waals surface area contributed by atoms with Crippen LogP contribution in [0.25, 0.3) is 5.57 Å². The summed E-state index contributed by atoms with van der Waals surface area (Å²) in [5.41, 5.74) is 5.93. The minimum Gasteiger partial charge on any atom is -1.00 e. The van der Waals surface area contributed by atoms with Gasteiger partial charge in [-0.25, -0.2) is 0 Å². The van der Waals surface area contributed by atoms with Crippen LogP contribution in [-0.2, 0) is 20.4 Å². The van der Waals surface area contributed by atoms with Crippen molar-refractivity contribution in [2.24, 2.45) is 0 Å². The number of halogens is 2. The molecule has 14 heavy (non-hydrogen) atoms. The van der Waals surface area contributed by atoms with Crippen molar-refractivity contribution in [2.75, 3.05) is 0 Å². The molecular weight excluding hydrogens is 251 g/mol. The summed E-state index contributed by atoms with van der Waals surface area (Å²) in [6, 6.07) is 8.70. The Morgan fingerprint density at radius 3 is 2.21 bits per heavy atom. The summed E-state index contributed by atoms with van der Waals surface area (Å²) >= 11 is 2.28. The minimum absolute atomic E-state index is 0. The minimum atomic E-state index is 0. The van der Waals surface area contributed by atoms with Crippen molar-refractivity contribution < 1.29 is 45.2 Å². The van der Waals surface area contributed by atoms with Crippen molar-refractivity contribution in [3.63, 3.8) is 0 Å². The van der Waals surface area contributed by atoms with Gasteiger partial charge in [0.2, 0.25) is 0 Å². The van der Waals surface area contributed by atoms with Crippen LogP contribution in [0.5, 0.6) is 0 Å². The van der Waals surface area contributed by atoms with Gasteiger partial charge < -0.3 is 24.8 Å². The van der Waals surface area contributed by atoms with Crippen LogP contribution < -0.4 is 24.8 Å². The fourth-order valence-corrected chi connectivity index (χ4v) is 2.48. The largest absolute Gasteiger partial charge is 1.00 e. The molecule has 0 amide bonds. The van der Waals surface area contributed by atoms with Gasteiger partial charge >= 0.3 is 85.0 Å². The molecular formula is C11H11Cl2Ti. The van der Waals surface area contributed by atoms with Gasteiger partial charge in [-0.3, -0.25) is 0 Å². The van der Waals surface area contributed by atoms with Gasteiger partial charge in [0.1, 0.15) is 0 Å². The second kappa shape index (κ2) is 5.37. The van der Waals surface area contributed by atoms with E-state index in [-0.39, 0.29) is 24.8 Å². The fourth-order valence-electron chi connectivity index (χ4n) is 1.75. The topological polar surface area (TPSA) is 0 Å². The van der Waals surface area contributed by atoms with Crippen molar-refractivity contribution >= 4 is 5.57 Å². The Balaban J connectivity index is 0.000000845. The van der Waals surface area contributed by atoms with Crippen molar-refractivity contribution in [2.45, 2.75) is 18.1 Å². The number of allylic oxidation sites excluding steroid dienone is 2. The van der Waals surface area contributed by atoms with Gasteiger partial charge in [0, 0.05) is 0 Å². The summed E-state index contributed by atoms with van der Waals surface area (Å²) in [4.78, 5) is 0. The monoisotopic (exact) mass is 261 g/mol. The molecule has 1 aromatic rings. The van der Waals surface area contributed by atoms with Crippen molar-refractivity contribution in [1.82, 2.24) is 0 Å². The van der Waals surface area contributed by atoms with E-state index in [1.54, 1.807) is 0 Å². The summed E-state index contributed by atoms with van der Waals surface area (Å²) in [7, 11) is 0. The molecule has 73 valence electrons. The van der Waals surface area contributed by atoms with Gasteiger partial charge in [-0.15, -0.1) is 0 Å². The Kier molecular flexibility index (Phi) is 5.47. The number of rotatable bonds is 0. The molecule has 1 aliphatic carbocycles. The normalized spacial score (nSPS) is 18.4. The molecule has 0 spiro atoms. The van der Waals surface area contributed by atoms with Crippen LogP contribution in [0.2, 0.25) is 0 Å². The van der Waals surface area contributed by atoms with Crippen molar-refractivity contribution in [3.8, 4) is 0 Å². The van der Waals surface area contributed by atoms with Gasteiger partial charge in [0.25, 0.3) is 0 Å². The van der Waals surface area contributed by atoms with E-state index in [0.29, 0.717) is 4.22 Å². The zero-order chi connectivity index (χ0) is 8.72. The molecule has 1 atom stereocenters. The first-order valence-electron chi connectivity index (χ1n) is 4.19. The molecule has 0 bridgehead atoms. The van der Waals surface area contributed by atoms with Crippen molar-refractivity contribution in [3.05, 3.63) is 41.0 Å². The van der Waals surface area contributed by atoms with Crippen LogP contribution in [0.4, 0.5) is 0 Å². The Labute approximate surface area is 109 Å². The first-order valence-corrected chi connectivity index (χ1v) is 5.09. The predicted octanol–water partition coefficient (Wildman–Crippen LogP) is -2.91. The Morgan fingerprint density at radius 1 is 1.07 bits per heavy atom. The van der Waals surface area contributed by atoms with Gasteiger partial charge in [0.15, 0.2) is 0 Å². The van der Waals surface area contributed by atoms with Gasteiger partial charge in [-0.1, -0.05) is 0 Å². The maximum Gasteiger partial charge on any atom is -1.00 e. The van der Waals surface area contributed by atoms with E-state index < -0.39 is 0 Å². The average molecular weight is 262 g/mol. The van der Waals surface area contributed by atoms with Gasteiger partial charge in [-0.05, 0) is 0 Å². The first kappa shape index (κ1) is 14.3. The quantitative estimate of drug-likeness (QED) is 0.440. The summed E-state index contributed by atoms with van der Waals surface area (Å²) in [5.74, 6) is 0. The smallest absolute Gasteiger partial charge is 1.00 e. The first-order chi connectivity index (χ1) is 5.72. The molecule has 0 saturated carbocycles. The second-order valence-corrected chi connectivity index (χ2v) is 4.23. The van der Waals surface area contributed by atoms with E-state index in [1.807, 2.05) is 0 Å². The number of fused-ring (bicyclic) bond motifs is 1. The van der Waals surface area contributed by atoms with Crippen LogP contribution in [0.3, 0.4) is 0 Å². The Bertz CT molecular complexity index is 358. The van der Waals surface area contributed by atoms with E-state index in [1.165, 1.54) is 22.3 Å². The van der Waals surface area contributed by atoms with Gasteiger partial charge in [-0.2, -0.15) is 0 Å². The summed E-state index contributed by atoms with van der Waals surface area (Å²) in [6.45, 7) is 4.46. The molecule has 0 aliphatic heterocycles. The molecule has 0 radical (unpaired) electrons. The predicted molar refractivity (Wildman–Crippen MR) is 47.5 cm³/mol. The third-order valence-electron chi connectivity index (χ3n) is 2.70. The van der Waals surface area contributed by atoms with E-state index in [2.05, 4.69) is 58.5 Å². The summed E-state index contributed by atoms with van der Waals surface area (Å²) in [6.07, 6.45) is 0. The molecule has 1 aromatic carbocycles. The molecule has 0 heterocycles. The third-order valence-corrected chi connectivity index (χ3v) is 3.86. The number of benzene rings is 1. The molecule has 0 aromatic heterocycles. The van der Waals surface area contributed by atoms with E-state index in [0.717, 1.165) is 0 Å². The maximum atomic E-state index is 2.28. The molecule has 2 rings (SSSR count). The molecule has 1 aliphatic rings. The maximum absolute atomic E-state index is 2.28. The zero-order valence-corrected chi connectivity index (χ0v) is 11.2. The van der Waals surface area contributed by atoms with Crippen LogP contribution in [0, 0.1) is 0 Å². The number of hydrogen-bond donors (Lipinski definition) is 0. The fraction of sp³-hybridized carbons (Fsp3) is 0.273. The SMILES string of the molecule is CC1=C(C)[CH]([Ti+2])c2ccccc21.[Cl-].[Cl-]. The third kappa shape index (κ3) is 2.09. The molecule has 1 unspecified atom stereocenters. The van der Waals surface area contributed by atoms with Gasteiger partial charge in [0.05, 0.1) is 0 Å². The second-order valence-electron chi connectivity index (χ2n) is 3.33. The molecule has 0 N–H and O–H groups in total. The Hall–Kier alpha value is 0.254. The van der Waals surface area contributed by atoms with E-state index in [4.69, 9.17) is 0 Å². The zero-order valence-electron chi connectivity index (χ0n) is 8.14. The summed E-state index contributed by atoms with van der Waals surface area (Å²) < 4.78 is 0.626. The summed E-state index contributed by atoms with van der Waals surface area (Å²) in [5, 5.41) is 0.